The predicted molar refractivity (Wildman–Crippen MR) is 99.6 cm³/mol. The van der Waals surface area contributed by atoms with Crippen LogP contribution in [0, 0.1) is 0 Å². The van der Waals surface area contributed by atoms with E-state index < -0.39 is 6.04 Å². The van der Waals surface area contributed by atoms with E-state index in [0.717, 1.165) is 37.1 Å². The average molecular weight is 343 g/mol. The number of fused-ring (bicyclic) bond motifs is 1. The van der Waals surface area contributed by atoms with Gasteiger partial charge in [0.05, 0.1) is 0 Å². The van der Waals surface area contributed by atoms with E-state index in [9.17, 15) is 9.59 Å². The van der Waals surface area contributed by atoms with Crippen LogP contribution in [0.2, 0.25) is 0 Å². The summed E-state index contributed by atoms with van der Waals surface area (Å²) in [4.78, 5) is 29.3. The number of rotatable bonds is 6. The van der Waals surface area contributed by atoms with Gasteiger partial charge in [-0.05, 0) is 70.3 Å². The summed E-state index contributed by atoms with van der Waals surface area (Å²) in [6, 6.07) is 7.47. The van der Waals surface area contributed by atoms with E-state index in [2.05, 4.69) is 16.3 Å². The maximum Gasteiger partial charge on any atom is 0.242 e. The van der Waals surface area contributed by atoms with E-state index in [-0.39, 0.29) is 11.8 Å². The SMILES string of the molecule is C[C@H](C(=O)NCCCN1CCCC1)N1C(=O)CCCc2ccccc21. The zero-order chi connectivity index (χ0) is 17.6. The molecule has 5 nitrogen and oxygen atoms in total. The number of hydrogen-bond donors (Lipinski definition) is 1. The number of hydrogen-bond acceptors (Lipinski definition) is 3. The maximum absolute atomic E-state index is 12.6. The van der Waals surface area contributed by atoms with Crippen molar-refractivity contribution in [2.75, 3.05) is 31.1 Å². The van der Waals surface area contributed by atoms with Gasteiger partial charge in [0.15, 0.2) is 0 Å². The molecule has 0 aliphatic carbocycles. The van der Waals surface area contributed by atoms with E-state index in [1.807, 2.05) is 25.1 Å². The molecule has 1 N–H and O–H groups in total. The van der Waals surface area contributed by atoms with Gasteiger partial charge in [0.2, 0.25) is 11.8 Å². The molecule has 2 amide bonds. The molecule has 0 bridgehead atoms. The predicted octanol–water partition coefficient (Wildman–Crippen LogP) is 2.35. The molecule has 1 fully saturated rings. The second-order valence-electron chi connectivity index (χ2n) is 7.12. The van der Waals surface area contributed by atoms with Crippen LogP contribution < -0.4 is 10.2 Å². The molecule has 1 aromatic rings. The molecule has 1 saturated heterocycles. The first-order valence-corrected chi connectivity index (χ1v) is 9.57. The number of carbonyl (C=O) groups is 2. The molecule has 0 unspecified atom stereocenters. The number of likely N-dealkylation sites (tertiary alicyclic amines) is 1. The second kappa shape index (κ2) is 8.48. The molecule has 3 rings (SSSR count). The van der Waals surface area contributed by atoms with Crippen molar-refractivity contribution >= 4 is 17.5 Å². The number of carbonyl (C=O) groups excluding carboxylic acids is 2. The number of nitrogens with one attached hydrogen (secondary N) is 1. The van der Waals surface area contributed by atoms with Gasteiger partial charge in [-0.3, -0.25) is 14.5 Å². The highest BCUT2D eigenvalue weighted by molar-refractivity contribution is 6.01. The van der Waals surface area contributed by atoms with Crippen LogP contribution in [0.15, 0.2) is 24.3 Å². The molecule has 0 saturated carbocycles. The molecule has 0 aromatic heterocycles. The van der Waals surface area contributed by atoms with Crippen molar-refractivity contribution in [3.8, 4) is 0 Å². The summed E-state index contributed by atoms with van der Waals surface area (Å²) in [5, 5.41) is 3.02. The van der Waals surface area contributed by atoms with Crippen LogP contribution in [0.1, 0.15) is 44.6 Å². The van der Waals surface area contributed by atoms with Crippen molar-refractivity contribution in [3.05, 3.63) is 29.8 Å². The standard InChI is InChI=1S/C20H29N3O2/c1-16(20(25)21-12-7-15-22-13-4-5-14-22)23-18-10-3-2-8-17(18)9-6-11-19(23)24/h2-3,8,10,16H,4-7,9,11-15H2,1H3,(H,21,25)/t16-/m1/s1. The normalized spacial score (nSPS) is 19.4. The minimum absolute atomic E-state index is 0.0460. The third-order valence-corrected chi connectivity index (χ3v) is 5.27. The first-order valence-electron chi connectivity index (χ1n) is 9.57. The van der Waals surface area contributed by atoms with Crippen molar-refractivity contribution in [3.63, 3.8) is 0 Å². The molecule has 2 heterocycles. The van der Waals surface area contributed by atoms with Gasteiger partial charge in [-0.2, -0.15) is 0 Å². The Labute approximate surface area is 150 Å². The third kappa shape index (κ3) is 4.40. The van der Waals surface area contributed by atoms with Gasteiger partial charge in [-0.25, -0.2) is 0 Å². The summed E-state index contributed by atoms with van der Waals surface area (Å²) < 4.78 is 0. The lowest BCUT2D eigenvalue weighted by Gasteiger charge is -2.29. The van der Waals surface area contributed by atoms with Gasteiger partial charge in [0.25, 0.3) is 0 Å². The topological polar surface area (TPSA) is 52.7 Å². The van der Waals surface area contributed by atoms with Crippen molar-refractivity contribution in [1.82, 2.24) is 10.2 Å². The highest BCUT2D eigenvalue weighted by atomic mass is 16.2. The molecule has 0 spiro atoms. The van der Waals surface area contributed by atoms with Crippen LogP contribution in [-0.4, -0.2) is 48.9 Å². The smallest absolute Gasteiger partial charge is 0.242 e. The number of aryl methyl sites for hydroxylation is 1. The van der Waals surface area contributed by atoms with Gasteiger partial charge in [0.1, 0.15) is 6.04 Å². The zero-order valence-corrected chi connectivity index (χ0v) is 15.2. The van der Waals surface area contributed by atoms with Crippen LogP contribution in [0.5, 0.6) is 0 Å². The summed E-state index contributed by atoms with van der Waals surface area (Å²) >= 11 is 0. The Bertz CT molecular complexity index is 611. The van der Waals surface area contributed by atoms with E-state index in [1.165, 1.54) is 25.9 Å². The van der Waals surface area contributed by atoms with Gasteiger partial charge in [-0.15, -0.1) is 0 Å². The Hall–Kier alpha value is -1.88. The largest absolute Gasteiger partial charge is 0.354 e. The average Bonchev–Trinajstić information content (AvgIpc) is 3.07. The highest BCUT2D eigenvalue weighted by Crippen LogP contribution is 2.28. The fraction of sp³-hybridized carbons (Fsp3) is 0.600. The fourth-order valence-corrected chi connectivity index (χ4v) is 3.85. The molecule has 2 aliphatic rings. The second-order valence-corrected chi connectivity index (χ2v) is 7.12. The minimum Gasteiger partial charge on any atom is -0.354 e. The molecule has 0 radical (unpaired) electrons. The lowest BCUT2D eigenvalue weighted by molar-refractivity contribution is -0.126. The van der Waals surface area contributed by atoms with Crippen molar-refractivity contribution in [2.45, 2.75) is 51.5 Å². The highest BCUT2D eigenvalue weighted by Gasteiger charge is 2.30. The zero-order valence-electron chi connectivity index (χ0n) is 15.2. The molecule has 136 valence electrons. The number of benzene rings is 1. The van der Waals surface area contributed by atoms with E-state index in [1.54, 1.807) is 4.90 Å². The molecular formula is C20H29N3O2. The Morgan fingerprint density at radius 1 is 1.16 bits per heavy atom. The lowest BCUT2D eigenvalue weighted by Crippen LogP contribution is -2.48. The van der Waals surface area contributed by atoms with Crippen LogP contribution >= 0.6 is 0 Å². The van der Waals surface area contributed by atoms with E-state index in [0.29, 0.717) is 13.0 Å². The van der Waals surface area contributed by atoms with E-state index in [4.69, 9.17) is 0 Å². The lowest BCUT2D eigenvalue weighted by atomic mass is 10.1. The van der Waals surface area contributed by atoms with Crippen LogP contribution in [0.4, 0.5) is 5.69 Å². The summed E-state index contributed by atoms with van der Waals surface area (Å²) in [5.41, 5.74) is 2.05. The van der Waals surface area contributed by atoms with Crippen LogP contribution in [0.25, 0.3) is 0 Å². The first-order chi connectivity index (χ1) is 12.2. The monoisotopic (exact) mass is 343 g/mol. The molecule has 5 heteroatoms. The van der Waals surface area contributed by atoms with Gasteiger partial charge < -0.3 is 10.2 Å². The Balaban J connectivity index is 1.57. The molecule has 25 heavy (non-hydrogen) atoms. The summed E-state index contributed by atoms with van der Waals surface area (Å²) in [6.45, 7) is 5.91. The number of anilines is 1. The molecule has 1 atom stereocenters. The number of nitrogens with zero attached hydrogens (tertiary/aromatic N) is 2. The van der Waals surface area contributed by atoms with Crippen LogP contribution in [0.3, 0.4) is 0 Å². The van der Waals surface area contributed by atoms with Crippen LogP contribution in [-0.2, 0) is 16.0 Å². The van der Waals surface area contributed by atoms with Gasteiger partial charge in [0, 0.05) is 18.7 Å². The minimum atomic E-state index is -0.474. The molecular weight excluding hydrogens is 314 g/mol. The number of para-hydroxylation sites is 1. The first kappa shape index (κ1) is 17.9. The Morgan fingerprint density at radius 3 is 2.72 bits per heavy atom. The summed E-state index contributed by atoms with van der Waals surface area (Å²) in [6.07, 6.45) is 5.78. The number of amides is 2. The maximum atomic E-state index is 12.6. The molecule has 1 aromatic carbocycles. The van der Waals surface area contributed by atoms with Crippen molar-refractivity contribution < 1.29 is 9.59 Å². The Morgan fingerprint density at radius 2 is 1.92 bits per heavy atom. The molecule has 2 aliphatic heterocycles. The van der Waals surface area contributed by atoms with Gasteiger partial charge in [-0.1, -0.05) is 18.2 Å². The van der Waals surface area contributed by atoms with Crippen molar-refractivity contribution in [2.24, 2.45) is 0 Å². The summed E-state index contributed by atoms with van der Waals surface area (Å²) in [5.74, 6) is -0.0175. The Kier molecular flexibility index (Phi) is 6.08. The fourth-order valence-electron chi connectivity index (χ4n) is 3.85. The quantitative estimate of drug-likeness (QED) is 0.807. The third-order valence-electron chi connectivity index (χ3n) is 5.27. The van der Waals surface area contributed by atoms with E-state index >= 15 is 0 Å². The van der Waals surface area contributed by atoms with Crippen molar-refractivity contribution in [1.29, 1.82) is 0 Å². The summed E-state index contributed by atoms with van der Waals surface area (Å²) in [7, 11) is 0. The van der Waals surface area contributed by atoms with Gasteiger partial charge >= 0.3 is 0 Å².